The van der Waals surface area contributed by atoms with Crippen molar-refractivity contribution < 1.29 is 52.4 Å². The minimum Gasteiger partial charge on any atom is -0.870 e. The van der Waals surface area contributed by atoms with E-state index in [1.807, 2.05) is 12.1 Å². The predicted octanol–water partition coefficient (Wildman–Crippen LogP) is 1.32. The standard InChI is InChI=1S/C19H24O5S.Na/c1-2-3-4-5-6-9-15-10-7-8-11-18(15)24-19-14-16(25(21,22)23)12-13-17(19)20;/h7-8,10-14,20H,2-6,9H2,1H3,(H,21,22,23);/q;+1/p-1. The molecule has 26 heavy (non-hydrogen) atoms. The summed E-state index contributed by atoms with van der Waals surface area (Å²) < 4.78 is 37.3. The maximum atomic E-state index is 11.9. The van der Waals surface area contributed by atoms with E-state index in [2.05, 4.69) is 6.92 Å². The minimum atomic E-state index is -4.39. The Morgan fingerprint density at radius 3 is 2.38 bits per heavy atom. The first-order valence-corrected chi connectivity index (χ1v) is 9.90. The zero-order valence-electron chi connectivity index (χ0n) is 15.3. The van der Waals surface area contributed by atoms with Crippen LogP contribution in [0.1, 0.15) is 44.6 Å². The van der Waals surface area contributed by atoms with E-state index in [1.54, 1.807) is 12.1 Å². The van der Waals surface area contributed by atoms with Crippen LogP contribution in [-0.4, -0.2) is 13.0 Å². The first-order valence-electron chi connectivity index (χ1n) is 8.46. The van der Waals surface area contributed by atoms with E-state index in [9.17, 15) is 13.5 Å². The molecule has 2 rings (SSSR count). The van der Waals surface area contributed by atoms with Crippen molar-refractivity contribution in [3.63, 3.8) is 0 Å². The summed E-state index contributed by atoms with van der Waals surface area (Å²) >= 11 is 0. The summed E-state index contributed by atoms with van der Waals surface area (Å²) in [6, 6.07) is 10.6. The molecule has 0 amide bonds. The second-order valence-electron chi connectivity index (χ2n) is 5.96. The van der Waals surface area contributed by atoms with Gasteiger partial charge in [0, 0.05) is 6.07 Å². The third kappa shape index (κ3) is 6.93. The van der Waals surface area contributed by atoms with Gasteiger partial charge in [-0.25, -0.2) is 0 Å². The summed E-state index contributed by atoms with van der Waals surface area (Å²) in [6.07, 6.45) is 6.59. The van der Waals surface area contributed by atoms with E-state index >= 15 is 0 Å². The zero-order valence-corrected chi connectivity index (χ0v) is 18.1. The molecule has 0 fully saturated rings. The van der Waals surface area contributed by atoms with Gasteiger partial charge < -0.3 is 9.84 Å². The number of unbranched alkanes of at least 4 members (excludes halogenated alkanes) is 4. The summed E-state index contributed by atoms with van der Waals surface area (Å²) in [7, 11) is -4.39. The van der Waals surface area contributed by atoms with Gasteiger partial charge in [-0.15, -0.1) is 0 Å². The van der Waals surface area contributed by atoms with Crippen LogP contribution in [0.3, 0.4) is 0 Å². The van der Waals surface area contributed by atoms with Gasteiger partial charge in [0.05, 0.1) is 4.90 Å². The van der Waals surface area contributed by atoms with Gasteiger partial charge in [0.15, 0.2) is 0 Å². The van der Waals surface area contributed by atoms with Crippen molar-refractivity contribution >= 4 is 10.1 Å². The summed E-state index contributed by atoms with van der Waals surface area (Å²) in [5.74, 6) is -0.0266. The Morgan fingerprint density at radius 1 is 1.00 bits per heavy atom. The van der Waals surface area contributed by atoms with Crippen molar-refractivity contribution in [3.05, 3.63) is 48.0 Å². The van der Waals surface area contributed by atoms with Crippen LogP contribution in [0.25, 0.3) is 0 Å². The first-order chi connectivity index (χ1) is 11.9. The SMILES string of the molecule is CCCCCCCc1ccccc1Oc1cc(S(=O)(=O)O)ccc1[O-].[Na+]. The Hall–Kier alpha value is -1.05. The third-order valence-electron chi connectivity index (χ3n) is 3.96. The molecule has 0 aromatic heterocycles. The van der Waals surface area contributed by atoms with E-state index in [-0.39, 0.29) is 40.2 Å². The second-order valence-corrected chi connectivity index (χ2v) is 7.38. The summed E-state index contributed by atoms with van der Waals surface area (Å²) in [6.45, 7) is 2.17. The fourth-order valence-corrected chi connectivity index (χ4v) is 3.07. The Labute approximate surface area is 177 Å². The van der Waals surface area contributed by atoms with Gasteiger partial charge in [-0.2, -0.15) is 8.42 Å². The van der Waals surface area contributed by atoms with E-state index < -0.39 is 15.9 Å². The molecule has 0 aliphatic rings. The molecule has 0 bridgehead atoms. The predicted molar refractivity (Wildman–Crippen MR) is 94.7 cm³/mol. The molecular formula is C19H23NaO5S. The van der Waals surface area contributed by atoms with E-state index in [0.29, 0.717) is 5.75 Å². The van der Waals surface area contributed by atoms with Crippen LogP contribution in [0.4, 0.5) is 0 Å². The molecule has 0 saturated heterocycles. The average molecular weight is 386 g/mol. The molecule has 0 saturated carbocycles. The van der Waals surface area contributed by atoms with Gasteiger partial charge in [-0.05, 0) is 30.5 Å². The molecular weight excluding hydrogens is 363 g/mol. The van der Waals surface area contributed by atoms with Crippen molar-refractivity contribution in [3.8, 4) is 17.2 Å². The largest absolute Gasteiger partial charge is 1.00 e. The zero-order chi connectivity index (χ0) is 18.3. The van der Waals surface area contributed by atoms with Gasteiger partial charge in [0.2, 0.25) is 0 Å². The van der Waals surface area contributed by atoms with Crippen LogP contribution in [0.5, 0.6) is 17.2 Å². The fourth-order valence-electron chi connectivity index (χ4n) is 2.58. The molecule has 0 aliphatic carbocycles. The number of rotatable bonds is 9. The molecule has 7 heteroatoms. The maximum absolute atomic E-state index is 11.9. The van der Waals surface area contributed by atoms with Gasteiger partial charge in [-0.1, -0.05) is 62.6 Å². The first kappa shape index (κ1) is 23.0. The van der Waals surface area contributed by atoms with Gasteiger partial charge in [0.1, 0.15) is 11.5 Å². The van der Waals surface area contributed by atoms with Crippen molar-refractivity contribution in [2.24, 2.45) is 0 Å². The molecule has 0 aliphatic heterocycles. The van der Waals surface area contributed by atoms with Crippen LogP contribution in [-0.2, 0) is 16.5 Å². The molecule has 2 aromatic rings. The Kier molecular flexibility index (Phi) is 9.68. The van der Waals surface area contributed by atoms with Crippen molar-refractivity contribution in [2.45, 2.75) is 50.3 Å². The molecule has 0 unspecified atom stereocenters. The number of hydrogen-bond donors (Lipinski definition) is 1. The number of hydrogen-bond acceptors (Lipinski definition) is 4. The number of benzene rings is 2. The van der Waals surface area contributed by atoms with Crippen molar-refractivity contribution in [2.75, 3.05) is 0 Å². The normalized spacial score (nSPS) is 11.0. The number of ether oxygens (including phenoxy) is 1. The number of aryl methyl sites for hydroxylation is 1. The molecule has 5 nitrogen and oxygen atoms in total. The third-order valence-corrected chi connectivity index (χ3v) is 4.80. The van der Waals surface area contributed by atoms with Gasteiger partial charge in [0.25, 0.3) is 10.1 Å². The summed E-state index contributed by atoms with van der Waals surface area (Å²) in [5, 5.41) is 11.9. The van der Waals surface area contributed by atoms with Crippen LogP contribution < -0.4 is 39.4 Å². The summed E-state index contributed by atoms with van der Waals surface area (Å²) in [5.41, 5.74) is 0.968. The van der Waals surface area contributed by atoms with Crippen LogP contribution >= 0.6 is 0 Å². The molecule has 0 atom stereocenters. The minimum absolute atomic E-state index is 0. The van der Waals surface area contributed by atoms with Crippen molar-refractivity contribution in [1.29, 1.82) is 0 Å². The monoisotopic (exact) mass is 386 g/mol. The molecule has 0 spiro atoms. The van der Waals surface area contributed by atoms with E-state index in [0.717, 1.165) is 43.0 Å². The fraction of sp³-hybridized carbons (Fsp3) is 0.368. The smallest absolute Gasteiger partial charge is 0.870 e. The topological polar surface area (TPSA) is 86.7 Å². The quantitative estimate of drug-likeness (QED) is 0.399. The molecule has 1 N–H and O–H groups in total. The molecule has 136 valence electrons. The number of para-hydroxylation sites is 1. The average Bonchev–Trinajstić information content (AvgIpc) is 2.57. The Morgan fingerprint density at radius 2 is 1.69 bits per heavy atom. The van der Waals surface area contributed by atoms with Crippen molar-refractivity contribution in [1.82, 2.24) is 0 Å². The van der Waals surface area contributed by atoms with E-state index in [1.165, 1.54) is 19.3 Å². The van der Waals surface area contributed by atoms with Gasteiger partial charge >= 0.3 is 29.6 Å². The molecule has 0 heterocycles. The summed E-state index contributed by atoms with van der Waals surface area (Å²) in [4.78, 5) is -0.362. The van der Waals surface area contributed by atoms with E-state index in [4.69, 9.17) is 9.29 Å². The van der Waals surface area contributed by atoms with Crippen LogP contribution in [0, 0.1) is 0 Å². The maximum Gasteiger partial charge on any atom is 1.00 e. The van der Waals surface area contributed by atoms with Crippen LogP contribution in [0.15, 0.2) is 47.4 Å². The van der Waals surface area contributed by atoms with Crippen LogP contribution in [0.2, 0.25) is 0 Å². The van der Waals surface area contributed by atoms with Gasteiger partial charge in [-0.3, -0.25) is 4.55 Å². The Bertz CT molecular complexity index is 805. The second kappa shape index (κ2) is 10.9. The molecule has 2 aromatic carbocycles. The molecule has 0 radical (unpaired) electrons. The Balaban J connectivity index is 0.00000338.